The second kappa shape index (κ2) is 5.44. The number of nitrogens with one attached hydrogen (secondary N) is 2. The first-order valence-electron chi connectivity index (χ1n) is 6.05. The van der Waals surface area contributed by atoms with E-state index < -0.39 is 0 Å². The molecule has 0 fully saturated rings. The molecule has 0 radical (unpaired) electrons. The SMILES string of the molecule is Cc1cccc(NC(=O)Nc2cc(N)ccc2C)c1. The number of benzene rings is 2. The number of hydrogen-bond donors (Lipinski definition) is 3. The Morgan fingerprint density at radius 3 is 2.58 bits per heavy atom. The molecule has 4 nitrogen and oxygen atoms in total. The van der Waals surface area contributed by atoms with E-state index in [0.717, 1.165) is 16.8 Å². The Labute approximate surface area is 112 Å². The van der Waals surface area contributed by atoms with Crippen LogP contribution in [0.15, 0.2) is 42.5 Å². The summed E-state index contributed by atoms with van der Waals surface area (Å²) >= 11 is 0. The third-order valence-corrected chi connectivity index (χ3v) is 2.79. The van der Waals surface area contributed by atoms with E-state index in [9.17, 15) is 4.79 Å². The van der Waals surface area contributed by atoms with Crippen LogP contribution in [0.3, 0.4) is 0 Å². The zero-order valence-electron chi connectivity index (χ0n) is 11.0. The van der Waals surface area contributed by atoms with E-state index >= 15 is 0 Å². The molecule has 0 unspecified atom stereocenters. The van der Waals surface area contributed by atoms with Crippen LogP contribution >= 0.6 is 0 Å². The van der Waals surface area contributed by atoms with E-state index in [1.54, 1.807) is 12.1 Å². The number of carbonyl (C=O) groups excluding carboxylic acids is 1. The molecule has 0 saturated carbocycles. The molecule has 2 amide bonds. The Bertz CT molecular complexity index is 608. The van der Waals surface area contributed by atoms with Gasteiger partial charge in [0.15, 0.2) is 0 Å². The van der Waals surface area contributed by atoms with Crippen LogP contribution in [0.1, 0.15) is 11.1 Å². The smallest absolute Gasteiger partial charge is 0.323 e. The van der Waals surface area contributed by atoms with E-state index in [1.165, 1.54) is 0 Å². The van der Waals surface area contributed by atoms with Gasteiger partial charge in [0.1, 0.15) is 0 Å². The molecule has 0 aromatic heterocycles. The number of hydrogen-bond acceptors (Lipinski definition) is 2. The van der Waals surface area contributed by atoms with Gasteiger partial charge in [-0.25, -0.2) is 4.79 Å². The third-order valence-electron chi connectivity index (χ3n) is 2.79. The number of aryl methyl sites for hydroxylation is 2. The van der Waals surface area contributed by atoms with Crippen LogP contribution < -0.4 is 16.4 Å². The Morgan fingerprint density at radius 2 is 1.84 bits per heavy atom. The fraction of sp³-hybridized carbons (Fsp3) is 0.133. The highest BCUT2D eigenvalue weighted by molar-refractivity contribution is 6.00. The van der Waals surface area contributed by atoms with Gasteiger partial charge in [-0.15, -0.1) is 0 Å². The number of amides is 2. The summed E-state index contributed by atoms with van der Waals surface area (Å²) in [4.78, 5) is 11.9. The van der Waals surface area contributed by atoms with Crippen LogP contribution in [0.4, 0.5) is 21.9 Å². The van der Waals surface area contributed by atoms with Crippen molar-refractivity contribution in [3.63, 3.8) is 0 Å². The molecule has 0 spiro atoms. The lowest BCUT2D eigenvalue weighted by Crippen LogP contribution is -2.20. The molecule has 0 aliphatic rings. The molecule has 0 heterocycles. The molecule has 2 aromatic carbocycles. The summed E-state index contributed by atoms with van der Waals surface area (Å²) in [5.41, 5.74) is 9.86. The summed E-state index contributed by atoms with van der Waals surface area (Å²) in [7, 11) is 0. The molecular formula is C15H17N3O. The molecular weight excluding hydrogens is 238 g/mol. The Kier molecular flexibility index (Phi) is 3.71. The number of urea groups is 1. The van der Waals surface area contributed by atoms with Gasteiger partial charge in [-0.3, -0.25) is 0 Å². The number of carbonyl (C=O) groups is 1. The van der Waals surface area contributed by atoms with Crippen molar-refractivity contribution in [3.05, 3.63) is 53.6 Å². The van der Waals surface area contributed by atoms with Crippen molar-refractivity contribution in [1.82, 2.24) is 0 Å². The minimum atomic E-state index is -0.278. The third kappa shape index (κ3) is 3.48. The summed E-state index contributed by atoms with van der Waals surface area (Å²) in [5, 5.41) is 5.58. The van der Waals surface area contributed by atoms with Gasteiger partial charge in [-0.05, 0) is 49.2 Å². The number of nitrogen functional groups attached to an aromatic ring is 1. The van der Waals surface area contributed by atoms with E-state index in [4.69, 9.17) is 5.73 Å². The van der Waals surface area contributed by atoms with Crippen molar-refractivity contribution < 1.29 is 4.79 Å². The van der Waals surface area contributed by atoms with Crippen molar-refractivity contribution in [2.45, 2.75) is 13.8 Å². The van der Waals surface area contributed by atoms with Gasteiger partial charge in [-0.1, -0.05) is 18.2 Å². The standard InChI is InChI=1S/C15H17N3O/c1-10-4-3-5-13(8-10)17-15(19)18-14-9-12(16)7-6-11(14)2/h3-9H,16H2,1-2H3,(H2,17,18,19). The lowest BCUT2D eigenvalue weighted by atomic mass is 10.2. The fourth-order valence-electron chi connectivity index (χ4n) is 1.78. The molecule has 2 rings (SSSR count). The second-order valence-corrected chi connectivity index (χ2v) is 4.52. The number of nitrogens with two attached hydrogens (primary N) is 1. The number of rotatable bonds is 2. The van der Waals surface area contributed by atoms with Gasteiger partial charge >= 0.3 is 6.03 Å². The predicted molar refractivity (Wildman–Crippen MR) is 79.4 cm³/mol. The minimum Gasteiger partial charge on any atom is -0.399 e. The summed E-state index contributed by atoms with van der Waals surface area (Å²) in [6.07, 6.45) is 0. The van der Waals surface area contributed by atoms with Gasteiger partial charge < -0.3 is 16.4 Å². The zero-order chi connectivity index (χ0) is 13.8. The second-order valence-electron chi connectivity index (χ2n) is 4.52. The lowest BCUT2D eigenvalue weighted by Gasteiger charge is -2.10. The van der Waals surface area contributed by atoms with Crippen LogP contribution in [0.25, 0.3) is 0 Å². The normalized spacial score (nSPS) is 10.0. The molecule has 0 aliphatic carbocycles. The summed E-state index contributed by atoms with van der Waals surface area (Å²) in [5.74, 6) is 0. The maximum absolute atomic E-state index is 11.9. The van der Waals surface area contributed by atoms with Crippen molar-refractivity contribution in [3.8, 4) is 0 Å². The monoisotopic (exact) mass is 255 g/mol. The van der Waals surface area contributed by atoms with Crippen LogP contribution in [-0.4, -0.2) is 6.03 Å². The van der Waals surface area contributed by atoms with Crippen LogP contribution in [0.5, 0.6) is 0 Å². The first-order chi connectivity index (χ1) is 9.04. The molecule has 0 atom stereocenters. The van der Waals surface area contributed by atoms with Crippen molar-refractivity contribution >= 4 is 23.1 Å². The molecule has 4 N–H and O–H groups in total. The zero-order valence-corrected chi connectivity index (χ0v) is 11.0. The van der Waals surface area contributed by atoms with E-state index in [1.807, 2.05) is 44.2 Å². The predicted octanol–water partition coefficient (Wildman–Crippen LogP) is 3.53. The average Bonchev–Trinajstić information content (AvgIpc) is 2.34. The largest absolute Gasteiger partial charge is 0.399 e. The van der Waals surface area contributed by atoms with Crippen molar-refractivity contribution in [1.29, 1.82) is 0 Å². The van der Waals surface area contributed by atoms with Crippen molar-refractivity contribution in [2.24, 2.45) is 0 Å². The maximum Gasteiger partial charge on any atom is 0.323 e. The molecule has 4 heteroatoms. The average molecular weight is 255 g/mol. The maximum atomic E-state index is 11.9. The van der Waals surface area contributed by atoms with E-state index in [2.05, 4.69) is 10.6 Å². The highest BCUT2D eigenvalue weighted by atomic mass is 16.2. The first-order valence-corrected chi connectivity index (χ1v) is 6.05. The van der Waals surface area contributed by atoms with Gasteiger partial charge in [0, 0.05) is 17.1 Å². The summed E-state index contributed by atoms with van der Waals surface area (Å²) in [6.45, 7) is 3.90. The van der Waals surface area contributed by atoms with Gasteiger partial charge in [0.05, 0.1) is 0 Å². The van der Waals surface area contributed by atoms with Crippen molar-refractivity contribution in [2.75, 3.05) is 16.4 Å². The quantitative estimate of drug-likeness (QED) is 0.719. The van der Waals surface area contributed by atoms with Crippen LogP contribution in [0.2, 0.25) is 0 Å². The van der Waals surface area contributed by atoms with Crippen LogP contribution in [0, 0.1) is 13.8 Å². The van der Waals surface area contributed by atoms with Gasteiger partial charge in [-0.2, -0.15) is 0 Å². The highest BCUT2D eigenvalue weighted by Gasteiger charge is 2.05. The summed E-state index contributed by atoms with van der Waals surface area (Å²) in [6, 6.07) is 12.8. The lowest BCUT2D eigenvalue weighted by molar-refractivity contribution is 0.262. The van der Waals surface area contributed by atoms with Crippen LogP contribution in [-0.2, 0) is 0 Å². The van der Waals surface area contributed by atoms with Gasteiger partial charge in [0.25, 0.3) is 0 Å². The highest BCUT2D eigenvalue weighted by Crippen LogP contribution is 2.18. The number of anilines is 3. The Morgan fingerprint density at radius 1 is 1.05 bits per heavy atom. The molecule has 2 aromatic rings. The molecule has 0 aliphatic heterocycles. The topological polar surface area (TPSA) is 67.2 Å². The summed E-state index contributed by atoms with van der Waals surface area (Å²) < 4.78 is 0. The van der Waals surface area contributed by atoms with E-state index in [-0.39, 0.29) is 6.03 Å². The van der Waals surface area contributed by atoms with Gasteiger partial charge in [0.2, 0.25) is 0 Å². The Hall–Kier alpha value is -2.49. The molecule has 19 heavy (non-hydrogen) atoms. The molecule has 98 valence electrons. The van der Waals surface area contributed by atoms with E-state index in [0.29, 0.717) is 11.4 Å². The molecule has 0 saturated heterocycles. The fourth-order valence-corrected chi connectivity index (χ4v) is 1.78. The molecule has 0 bridgehead atoms. The Balaban J connectivity index is 2.07. The minimum absolute atomic E-state index is 0.278. The first kappa shape index (κ1) is 13.0.